The maximum absolute atomic E-state index is 8.81. The fourth-order valence-corrected chi connectivity index (χ4v) is 4.99. The lowest BCUT2D eigenvalue weighted by atomic mass is 10.2. The topological polar surface area (TPSA) is 50.4 Å². The van der Waals surface area contributed by atoms with E-state index in [1.807, 2.05) is 12.4 Å². The third-order valence-corrected chi connectivity index (χ3v) is 6.37. The predicted octanol–water partition coefficient (Wildman–Crippen LogP) is 3.55. The first-order valence-corrected chi connectivity index (χ1v) is 8.86. The molecule has 0 radical (unpaired) electrons. The molecule has 3 rings (SSSR count). The van der Waals surface area contributed by atoms with Crippen molar-refractivity contribution in [3.8, 4) is 0 Å². The van der Waals surface area contributed by atoms with E-state index < -0.39 is 0 Å². The summed E-state index contributed by atoms with van der Waals surface area (Å²) in [6.07, 6.45) is 1.93. The van der Waals surface area contributed by atoms with E-state index in [1.165, 1.54) is 11.3 Å². The van der Waals surface area contributed by atoms with E-state index in [1.54, 1.807) is 23.5 Å². The van der Waals surface area contributed by atoms with E-state index in [0.29, 0.717) is 4.58 Å². The minimum Gasteiger partial charge on any atom is -0.411 e. The Bertz CT molecular complexity index is 630. The van der Waals surface area contributed by atoms with E-state index in [4.69, 9.17) is 5.21 Å². The molecule has 1 aliphatic rings. The van der Waals surface area contributed by atoms with Gasteiger partial charge in [-0.25, -0.2) is 4.98 Å². The molecular weight excluding hydrogens is 302 g/mol. The van der Waals surface area contributed by atoms with Gasteiger partial charge in [-0.3, -0.25) is 0 Å². The lowest BCUT2D eigenvalue weighted by molar-refractivity contribution is 0.318. The van der Waals surface area contributed by atoms with Crippen LogP contribution >= 0.6 is 23.5 Å². The molecule has 4 nitrogen and oxygen atoms in total. The summed E-state index contributed by atoms with van der Waals surface area (Å²) in [5.41, 5.74) is 4.48. The Morgan fingerprint density at radius 2 is 2.00 bits per heavy atom. The summed E-state index contributed by atoms with van der Waals surface area (Å²) in [5, 5.41) is 12.1. The molecule has 1 saturated heterocycles. The van der Waals surface area contributed by atoms with Gasteiger partial charge in [0.25, 0.3) is 0 Å². The largest absolute Gasteiger partial charge is 0.411 e. The number of rotatable bonds is 3. The normalized spacial score (nSPS) is 18.7. The van der Waals surface area contributed by atoms with Crippen LogP contribution in [-0.2, 0) is 6.54 Å². The van der Waals surface area contributed by atoms with Crippen LogP contribution in [0.15, 0.2) is 41.8 Å². The van der Waals surface area contributed by atoms with Crippen molar-refractivity contribution in [2.45, 2.75) is 18.1 Å². The Labute approximate surface area is 132 Å². The van der Waals surface area contributed by atoms with Gasteiger partial charge in [0.2, 0.25) is 0 Å². The molecule has 0 atom stereocenters. The standard InChI is InChI=1S/C15H17N3OS2/c1-11-14(15-20-8-13(17-19)9-21-15)16-10-18(11)7-12-5-3-2-4-6-12/h2-6,10,15,19H,7-9H2,1H3. The summed E-state index contributed by atoms with van der Waals surface area (Å²) in [6.45, 7) is 2.98. The molecule has 0 unspecified atom stereocenters. The monoisotopic (exact) mass is 319 g/mol. The van der Waals surface area contributed by atoms with Crippen molar-refractivity contribution in [3.05, 3.63) is 53.6 Å². The van der Waals surface area contributed by atoms with E-state index in [0.717, 1.165) is 29.5 Å². The first kappa shape index (κ1) is 14.5. The highest BCUT2D eigenvalue weighted by atomic mass is 32.2. The molecule has 1 fully saturated rings. The summed E-state index contributed by atoms with van der Waals surface area (Å²) in [6, 6.07) is 10.4. The van der Waals surface area contributed by atoms with Crippen LogP contribution in [0.25, 0.3) is 0 Å². The summed E-state index contributed by atoms with van der Waals surface area (Å²) in [4.78, 5) is 4.61. The number of oxime groups is 1. The maximum Gasteiger partial charge on any atom is 0.0955 e. The smallest absolute Gasteiger partial charge is 0.0955 e. The fourth-order valence-electron chi connectivity index (χ4n) is 2.28. The summed E-state index contributed by atoms with van der Waals surface area (Å²) < 4.78 is 2.52. The Kier molecular flexibility index (Phi) is 4.55. The van der Waals surface area contributed by atoms with Crippen LogP contribution in [0, 0.1) is 6.92 Å². The van der Waals surface area contributed by atoms with E-state index in [2.05, 4.69) is 45.9 Å². The number of hydrogen-bond acceptors (Lipinski definition) is 5. The number of hydrogen-bond donors (Lipinski definition) is 1. The van der Waals surface area contributed by atoms with Crippen molar-refractivity contribution in [2.24, 2.45) is 5.16 Å². The highest BCUT2D eigenvalue weighted by Crippen LogP contribution is 2.43. The van der Waals surface area contributed by atoms with E-state index in [-0.39, 0.29) is 0 Å². The molecule has 1 aliphatic heterocycles. The van der Waals surface area contributed by atoms with Crippen LogP contribution in [0.4, 0.5) is 0 Å². The average molecular weight is 319 g/mol. The van der Waals surface area contributed by atoms with E-state index in [9.17, 15) is 0 Å². The van der Waals surface area contributed by atoms with Crippen LogP contribution in [-0.4, -0.2) is 32.0 Å². The van der Waals surface area contributed by atoms with Gasteiger partial charge in [0.05, 0.1) is 22.3 Å². The first-order chi connectivity index (χ1) is 10.3. The molecular formula is C15H17N3OS2. The van der Waals surface area contributed by atoms with E-state index >= 15 is 0 Å². The van der Waals surface area contributed by atoms with Crippen LogP contribution in [0.1, 0.15) is 21.5 Å². The van der Waals surface area contributed by atoms with Gasteiger partial charge in [-0.15, -0.1) is 23.5 Å². The van der Waals surface area contributed by atoms with Crippen molar-refractivity contribution in [1.29, 1.82) is 0 Å². The van der Waals surface area contributed by atoms with Crippen molar-refractivity contribution in [3.63, 3.8) is 0 Å². The van der Waals surface area contributed by atoms with Crippen molar-refractivity contribution in [1.82, 2.24) is 9.55 Å². The lowest BCUT2D eigenvalue weighted by Crippen LogP contribution is -2.14. The van der Waals surface area contributed by atoms with Crippen LogP contribution in [0.2, 0.25) is 0 Å². The van der Waals surface area contributed by atoms with Crippen molar-refractivity contribution >= 4 is 29.2 Å². The minimum atomic E-state index is 0.326. The third-order valence-electron chi connectivity index (χ3n) is 3.50. The number of imidazole rings is 1. The summed E-state index contributed by atoms with van der Waals surface area (Å²) in [7, 11) is 0. The average Bonchev–Trinajstić information content (AvgIpc) is 2.89. The van der Waals surface area contributed by atoms with Crippen LogP contribution in [0.5, 0.6) is 0 Å². The maximum atomic E-state index is 8.81. The molecule has 0 spiro atoms. The number of nitrogens with zero attached hydrogens (tertiary/aromatic N) is 3. The molecule has 0 amide bonds. The second-order valence-corrected chi connectivity index (χ2v) is 7.43. The highest BCUT2D eigenvalue weighted by molar-refractivity contribution is 8.18. The lowest BCUT2D eigenvalue weighted by Gasteiger charge is -2.20. The van der Waals surface area contributed by atoms with Gasteiger partial charge in [0, 0.05) is 23.7 Å². The highest BCUT2D eigenvalue weighted by Gasteiger charge is 2.24. The molecule has 21 heavy (non-hydrogen) atoms. The van der Waals surface area contributed by atoms with Crippen molar-refractivity contribution < 1.29 is 5.21 Å². The second-order valence-electron chi connectivity index (χ2n) is 4.95. The first-order valence-electron chi connectivity index (χ1n) is 6.76. The SMILES string of the molecule is Cc1c(C2SCC(=NO)CS2)ncn1Cc1ccccc1. The molecule has 0 aliphatic carbocycles. The molecule has 0 saturated carbocycles. The second kappa shape index (κ2) is 6.58. The molecule has 2 heterocycles. The quantitative estimate of drug-likeness (QED) is 0.694. The zero-order valence-electron chi connectivity index (χ0n) is 11.8. The van der Waals surface area contributed by atoms with Crippen LogP contribution in [0.3, 0.4) is 0 Å². The van der Waals surface area contributed by atoms with Crippen molar-refractivity contribution in [2.75, 3.05) is 11.5 Å². The van der Waals surface area contributed by atoms with Crippen LogP contribution < -0.4 is 0 Å². The molecule has 0 bridgehead atoms. The van der Waals surface area contributed by atoms with Gasteiger partial charge < -0.3 is 9.77 Å². The summed E-state index contributed by atoms with van der Waals surface area (Å²) in [5.74, 6) is 1.55. The Morgan fingerprint density at radius 1 is 1.29 bits per heavy atom. The molecule has 110 valence electrons. The third kappa shape index (κ3) is 3.27. The number of benzene rings is 1. The molecule has 2 aromatic rings. The molecule has 6 heteroatoms. The van der Waals surface area contributed by atoms with Gasteiger partial charge in [0.15, 0.2) is 0 Å². The van der Waals surface area contributed by atoms with Gasteiger partial charge >= 0.3 is 0 Å². The van der Waals surface area contributed by atoms with Gasteiger partial charge in [-0.2, -0.15) is 0 Å². The Balaban J connectivity index is 1.74. The summed E-state index contributed by atoms with van der Waals surface area (Å²) >= 11 is 3.56. The molecule has 1 aromatic carbocycles. The van der Waals surface area contributed by atoms with Gasteiger partial charge in [-0.05, 0) is 12.5 Å². The predicted molar refractivity (Wildman–Crippen MR) is 89.4 cm³/mol. The minimum absolute atomic E-state index is 0.326. The number of aromatic nitrogens is 2. The molecule has 1 aromatic heterocycles. The van der Waals surface area contributed by atoms with Gasteiger partial charge in [0.1, 0.15) is 0 Å². The number of thioether (sulfide) groups is 2. The zero-order chi connectivity index (χ0) is 14.7. The zero-order valence-corrected chi connectivity index (χ0v) is 13.4. The Hall–Kier alpha value is -1.40. The molecule has 1 N–H and O–H groups in total. The van der Waals surface area contributed by atoms with Gasteiger partial charge in [-0.1, -0.05) is 35.5 Å². The fraction of sp³-hybridized carbons (Fsp3) is 0.333. The Morgan fingerprint density at radius 3 is 2.67 bits per heavy atom.